The first-order chi connectivity index (χ1) is 17.4. The highest BCUT2D eigenvalue weighted by Gasteiger charge is 2.27. The highest BCUT2D eigenvalue weighted by Crippen LogP contribution is 2.33. The van der Waals surface area contributed by atoms with E-state index in [0.717, 1.165) is 49.1 Å². The Kier molecular flexibility index (Phi) is 10.6. The van der Waals surface area contributed by atoms with Crippen molar-refractivity contribution in [2.75, 3.05) is 11.5 Å². The number of ether oxygens (including phenoxy) is 2. The second-order valence-electron chi connectivity index (χ2n) is 9.58. The smallest absolute Gasteiger partial charge is 0.331 e. The highest BCUT2D eigenvalue weighted by atomic mass is 16.5. The normalized spacial score (nSPS) is 17.6. The number of hydrogen-bond donors (Lipinski definition) is 2. The predicted molar refractivity (Wildman–Crippen MR) is 145 cm³/mol. The Morgan fingerprint density at radius 2 is 1.64 bits per heavy atom. The molecule has 0 heterocycles. The van der Waals surface area contributed by atoms with Crippen LogP contribution < -0.4 is 16.2 Å². The van der Waals surface area contributed by atoms with Gasteiger partial charge in [-0.1, -0.05) is 37.5 Å². The van der Waals surface area contributed by atoms with Crippen molar-refractivity contribution in [2.45, 2.75) is 64.4 Å². The molecule has 3 rings (SSSR count). The number of nitrogens with two attached hydrogens (primary N) is 2. The van der Waals surface area contributed by atoms with Gasteiger partial charge in [0.2, 0.25) is 0 Å². The molecule has 0 atom stereocenters. The second kappa shape index (κ2) is 14.1. The van der Waals surface area contributed by atoms with E-state index in [4.69, 9.17) is 20.9 Å². The molecule has 4 N–H and O–H groups in total. The van der Waals surface area contributed by atoms with E-state index >= 15 is 0 Å². The van der Waals surface area contributed by atoms with Crippen molar-refractivity contribution in [3.8, 4) is 5.75 Å². The van der Waals surface area contributed by atoms with E-state index in [1.165, 1.54) is 31.8 Å². The van der Waals surface area contributed by atoms with Crippen LogP contribution in [-0.2, 0) is 20.9 Å². The van der Waals surface area contributed by atoms with Crippen molar-refractivity contribution in [3.05, 3.63) is 72.3 Å². The maximum atomic E-state index is 12.6. The van der Waals surface area contributed by atoms with Gasteiger partial charge in [-0.25, -0.2) is 4.79 Å². The molecule has 0 spiro atoms. The van der Waals surface area contributed by atoms with Crippen LogP contribution in [0.2, 0.25) is 0 Å². The zero-order chi connectivity index (χ0) is 25.8. The molecule has 36 heavy (non-hydrogen) atoms. The second-order valence-corrected chi connectivity index (χ2v) is 9.58. The summed E-state index contributed by atoms with van der Waals surface area (Å²) in [4.78, 5) is 24.6. The van der Waals surface area contributed by atoms with Crippen LogP contribution in [0.5, 0.6) is 5.75 Å². The molecule has 2 aromatic carbocycles. The lowest BCUT2D eigenvalue weighted by atomic mass is 9.80. The summed E-state index contributed by atoms with van der Waals surface area (Å²) < 4.78 is 10.9. The number of hydrogen-bond acceptors (Lipinski definition) is 6. The molecule has 1 fully saturated rings. The molecule has 2 aromatic rings. The maximum absolute atomic E-state index is 12.6. The fourth-order valence-electron chi connectivity index (χ4n) is 4.63. The van der Waals surface area contributed by atoms with Crippen molar-refractivity contribution in [2.24, 2.45) is 11.8 Å². The van der Waals surface area contributed by atoms with Crippen molar-refractivity contribution >= 4 is 29.4 Å². The number of rotatable bonds is 12. The van der Waals surface area contributed by atoms with Gasteiger partial charge in [0, 0.05) is 17.5 Å². The standard InChI is InChI=1S/C30H38N2O4/c1-2-3-4-5-6-7-22-8-13-25(14-9-22)30(34)36-28-15-10-23(11-16-28)12-17-29(33)35-21-24-18-26(31)20-27(32)19-24/h2,10-12,15-20,22,25H,1,3-9,13-14,21,31-32H2. The fraction of sp³-hybridized carbons (Fsp3) is 0.400. The van der Waals surface area contributed by atoms with Crippen molar-refractivity contribution < 1.29 is 19.1 Å². The maximum Gasteiger partial charge on any atom is 0.331 e. The first-order valence-corrected chi connectivity index (χ1v) is 12.9. The molecular formula is C30H38N2O4. The minimum Gasteiger partial charge on any atom is -0.458 e. The fourth-order valence-corrected chi connectivity index (χ4v) is 4.63. The van der Waals surface area contributed by atoms with Gasteiger partial charge in [-0.15, -0.1) is 6.58 Å². The molecule has 0 radical (unpaired) electrons. The van der Waals surface area contributed by atoms with Crippen LogP contribution in [0.15, 0.2) is 61.2 Å². The van der Waals surface area contributed by atoms with Crippen LogP contribution in [0.4, 0.5) is 11.4 Å². The predicted octanol–water partition coefficient (Wildman–Crippen LogP) is 6.46. The summed E-state index contributed by atoms with van der Waals surface area (Å²) in [5, 5.41) is 0. The van der Waals surface area contributed by atoms with Crippen LogP contribution in [-0.4, -0.2) is 11.9 Å². The summed E-state index contributed by atoms with van der Waals surface area (Å²) in [7, 11) is 0. The monoisotopic (exact) mass is 490 g/mol. The van der Waals surface area contributed by atoms with Gasteiger partial charge in [0.05, 0.1) is 5.92 Å². The lowest BCUT2D eigenvalue weighted by molar-refractivity contribution is -0.140. The van der Waals surface area contributed by atoms with Gasteiger partial charge in [-0.3, -0.25) is 4.79 Å². The Morgan fingerprint density at radius 3 is 2.31 bits per heavy atom. The summed E-state index contributed by atoms with van der Waals surface area (Å²) in [5.74, 6) is 0.613. The zero-order valence-electron chi connectivity index (χ0n) is 21.0. The summed E-state index contributed by atoms with van der Waals surface area (Å²) in [6.07, 6.45) is 15.1. The van der Waals surface area contributed by atoms with Crippen LogP contribution in [0, 0.1) is 11.8 Å². The van der Waals surface area contributed by atoms with E-state index in [1.807, 2.05) is 6.08 Å². The average Bonchev–Trinajstić information content (AvgIpc) is 2.87. The number of anilines is 2. The van der Waals surface area contributed by atoms with E-state index in [9.17, 15) is 9.59 Å². The molecule has 1 aliphatic carbocycles. The largest absolute Gasteiger partial charge is 0.458 e. The minimum absolute atomic E-state index is 0.0216. The van der Waals surface area contributed by atoms with E-state index in [1.54, 1.807) is 48.5 Å². The number of esters is 2. The SMILES string of the molecule is C=CCCCCCC1CCC(C(=O)Oc2ccc(C=CC(=O)OCc3cc(N)cc(N)c3)cc2)CC1. The Balaban J connectivity index is 1.38. The molecule has 0 saturated heterocycles. The lowest BCUT2D eigenvalue weighted by Gasteiger charge is -2.27. The Labute approximate surface area is 214 Å². The molecule has 192 valence electrons. The number of unbranched alkanes of at least 4 members (excludes halogenated alkanes) is 3. The molecule has 0 unspecified atom stereocenters. The van der Waals surface area contributed by atoms with Crippen LogP contribution >= 0.6 is 0 Å². The number of carbonyl (C=O) groups is 2. The topological polar surface area (TPSA) is 105 Å². The van der Waals surface area contributed by atoms with Gasteiger partial charge in [0.1, 0.15) is 12.4 Å². The molecule has 6 heteroatoms. The zero-order valence-corrected chi connectivity index (χ0v) is 21.0. The molecule has 0 aliphatic heterocycles. The Hall–Kier alpha value is -3.54. The average molecular weight is 491 g/mol. The third-order valence-electron chi connectivity index (χ3n) is 6.63. The quantitative estimate of drug-likeness (QED) is 0.0884. The molecular weight excluding hydrogens is 452 g/mol. The van der Waals surface area contributed by atoms with Gasteiger partial charge in [0.25, 0.3) is 0 Å². The van der Waals surface area contributed by atoms with Crippen molar-refractivity contribution in [1.29, 1.82) is 0 Å². The van der Waals surface area contributed by atoms with E-state index < -0.39 is 5.97 Å². The minimum atomic E-state index is -0.473. The summed E-state index contributed by atoms with van der Waals surface area (Å²) >= 11 is 0. The van der Waals surface area contributed by atoms with Gasteiger partial charge in [0.15, 0.2) is 0 Å². The first kappa shape index (κ1) is 27.1. The van der Waals surface area contributed by atoms with Crippen molar-refractivity contribution in [3.63, 3.8) is 0 Å². The lowest BCUT2D eigenvalue weighted by Crippen LogP contribution is -2.25. The molecule has 1 saturated carbocycles. The summed E-state index contributed by atoms with van der Waals surface area (Å²) in [6.45, 7) is 3.86. The van der Waals surface area contributed by atoms with Gasteiger partial charge in [-0.2, -0.15) is 0 Å². The highest BCUT2D eigenvalue weighted by molar-refractivity contribution is 5.87. The molecule has 0 amide bonds. The molecule has 1 aliphatic rings. The van der Waals surface area contributed by atoms with E-state index in [-0.39, 0.29) is 18.5 Å². The van der Waals surface area contributed by atoms with E-state index in [0.29, 0.717) is 17.1 Å². The van der Waals surface area contributed by atoms with Gasteiger partial charge >= 0.3 is 11.9 Å². The molecule has 0 bridgehead atoms. The number of allylic oxidation sites excluding steroid dienone is 1. The van der Waals surface area contributed by atoms with Crippen LogP contribution in [0.25, 0.3) is 6.08 Å². The summed E-state index contributed by atoms with van der Waals surface area (Å²) in [6, 6.07) is 12.2. The Bertz CT molecular complexity index is 1020. The van der Waals surface area contributed by atoms with Crippen molar-refractivity contribution in [1.82, 2.24) is 0 Å². The van der Waals surface area contributed by atoms with Gasteiger partial charge in [-0.05, 0) is 92.0 Å². The number of carbonyl (C=O) groups excluding carboxylic acids is 2. The summed E-state index contributed by atoms with van der Waals surface area (Å²) in [5.41, 5.74) is 14.1. The van der Waals surface area contributed by atoms with E-state index in [2.05, 4.69) is 6.58 Å². The molecule has 6 nitrogen and oxygen atoms in total. The third kappa shape index (κ3) is 9.25. The molecule has 0 aromatic heterocycles. The van der Waals surface area contributed by atoms with Crippen LogP contribution in [0.3, 0.4) is 0 Å². The Morgan fingerprint density at radius 1 is 0.944 bits per heavy atom. The number of benzene rings is 2. The first-order valence-electron chi connectivity index (χ1n) is 12.9. The third-order valence-corrected chi connectivity index (χ3v) is 6.63. The van der Waals surface area contributed by atoms with Crippen LogP contribution in [0.1, 0.15) is 68.9 Å². The number of nitrogen functional groups attached to an aromatic ring is 2. The van der Waals surface area contributed by atoms with Gasteiger partial charge < -0.3 is 20.9 Å².